The standard InChI is InChI=1S/C14H11BrCl3N/c1-19-14(9-3-2-4-12(17)13(9)18)10-7-8(16)5-6-11(10)15/h2-7,14,19H,1H3. The molecule has 0 amide bonds. The fourth-order valence-corrected chi connectivity index (χ4v) is 3.03. The molecule has 1 unspecified atom stereocenters. The molecule has 2 aromatic rings. The Morgan fingerprint density at radius 2 is 1.79 bits per heavy atom. The van der Waals surface area contributed by atoms with Crippen molar-refractivity contribution in [3.63, 3.8) is 0 Å². The van der Waals surface area contributed by atoms with Gasteiger partial charge < -0.3 is 5.32 Å². The van der Waals surface area contributed by atoms with E-state index in [0.29, 0.717) is 15.1 Å². The van der Waals surface area contributed by atoms with Crippen molar-refractivity contribution in [2.45, 2.75) is 6.04 Å². The summed E-state index contributed by atoms with van der Waals surface area (Å²) in [4.78, 5) is 0. The monoisotopic (exact) mass is 377 g/mol. The fourth-order valence-electron chi connectivity index (χ4n) is 1.96. The molecule has 0 aliphatic heterocycles. The van der Waals surface area contributed by atoms with Crippen LogP contribution >= 0.6 is 50.7 Å². The van der Waals surface area contributed by atoms with Gasteiger partial charge in [-0.25, -0.2) is 0 Å². The Labute approximate surface area is 136 Å². The second kappa shape index (κ2) is 6.47. The summed E-state index contributed by atoms with van der Waals surface area (Å²) in [5.41, 5.74) is 1.93. The quantitative estimate of drug-likeness (QED) is 0.719. The smallest absolute Gasteiger partial charge is 0.0643 e. The van der Waals surface area contributed by atoms with E-state index in [1.54, 1.807) is 6.07 Å². The lowest BCUT2D eigenvalue weighted by Gasteiger charge is -2.20. The maximum absolute atomic E-state index is 6.29. The van der Waals surface area contributed by atoms with Gasteiger partial charge in [0.25, 0.3) is 0 Å². The molecule has 1 atom stereocenters. The highest BCUT2D eigenvalue weighted by atomic mass is 79.9. The maximum Gasteiger partial charge on any atom is 0.0643 e. The molecule has 2 rings (SSSR count). The van der Waals surface area contributed by atoms with Crippen molar-refractivity contribution in [2.24, 2.45) is 0 Å². The first-order chi connectivity index (χ1) is 9.04. The highest BCUT2D eigenvalue weighted by Crippen LogP contribution is 2.36. The molecule has 0 saturated carbocycles. The van der Waals surface area contributed by atoms with Crippen LogP contribution in [-0.2, 0) is 0 Å². The van der Waals surface area contributed by atoms with Crippen LogP contribution in [0.5, 0.6) is 0 Å². The second-order valence-electron chi connectivity index (χ2n) is 4.03. The van der Waals surface area contributed by atoms with E-state index in [0.717, 1.165) is 15.6 Å². The van der Waals surface area contributed by atoms with E-state index < -0.39 is 0 Å². The van der Waals surface area contributed by atoms with Crippen LogP contribution in [0.4, 0.5) is 0 Å². The van der Waals surface area contributed by atoms with Gasteiger partial charge in [0.1, 0.15) is 0 Å². The van der Waals surface area contributed by atoms with Crippen molar-refractivity contribution in [3.8, 4) is 0 Å². The molecule has 5 heteroatoms. The summed E-state index contributed by atoms with van der Waals surface area (Å²) in [5, 5.41) is 5.01. The van der Waals surface area contributed by atoms with E-state index in [-0.39, 0.29) is 6.04 Å². The Bertz CT molecular complexity index is 599. The first-order valence-electron chi connectivity index (χ1n) is 5.60. The number of benzene rings is 2. The number of nitrogens with one attached hydrogen (secondary N) is 1. The van der Waals surface area contributed by atoms with E-state index in [2.05, 4.69) is 21.2 Å². The van der Waals surface area contributed by atoms with Gasteiger partial charge in [-0.3, -0.25) is 0 Å². The van der Waals surface area contributed by atoms with Crippen LogP contribution in [0.1, 0.15) is 17.2 Å². The van der Waals surface area contributed by atoms with Crippen molar-refractivity contribution in [1.29, 1.82) is 0 Å². The molecule has 0 heterocycles. The molecule has 0 spiro atoms. The molecule has 1 N–H and O–H groups in total. The zero-order valence-corrected chi connectivity index (χ0v) is 13.9. The van der Waals surface area contributed by atoms with E-state index in [1.807, 2.05) is 37.4 Å². The van der Waals surface area contributed by atoms with Crippen LogP contribution < -0.4 is 5.32 Å². The number of halogens is 4. The van der Waals surface area contributed by atoms with Crippen molar-refractivity contribution in [1.82, 2.24) is 5.32 Å². The molecule has 0 bridgehead atoms. The van der Waals surface area contributed by atoms with Crippen LogP contribution in [0.2, 0.25) is 15.1 Å². The van der Waals surface area contributed by atoms with E-state index in [9.17, 15) is 0 Å². The lowest BCUT2D eigenvalue weighted by Crippen LogP contribution is -2.18. The number of hydrogen-bond donors (Lipinski definition) is 1. The van der Waals surface area contributed by atoms with Gasteiger partial charge in [0, 0.05) is 9.50 Å². The minimum atomic E-state index is -0.0840. The molecule has 100 valence electrons. The highest BCUT2D eigenvalue weighted by molar-refractivity contribution is 9.10. The Balaban J connectivity index is 2.56. The minimum absolute atomic E-state index is 0.0840. The van der Waals surface area contributed by atoms with Gasteiger partial charge in [0.05, 0.1) is 16.1 Å². The van der Waals surface area contributed by atoms with Gasteiger partial charge in [0.2, 0.25) is 0 Å². The summed E-state index contributed by atoms with van der Waals surface area (Å²) in [6, 6.07) is 11.2. The van der Waals surface area contributed by atoms with Gasteiger partial charge in [-0.15, -0.1) is 0 Å². The van der Waals surface area contributed by atoms with Gasteiger partial charge in [0.15, 0.2) is 0 Å². The Kier molecular flexibility index (Phi) is 5.15. The summed E-state index contributed by atoms with van der Waals surface area (Å²) >= 11 is 22.0. The zero-order chi connectivity index (χ0) is 14.0. The predicted molar refractivity (Wildman–Crippen MR) is 86.5 cm³/mol. The summed E-state index contributed by atoms with van der Waals surface area (Å²) in [6.45, 7) is 0. The summed E-state index contributed by atoms with van der Waals surface area (Å²) in [6.07, 6.45) is 0. The third kappa shape index (κ3) is 3.26. The van der Waals surface area contributed by atoms with E-state index in [4.69, 9.17) is 34.8 Å². The van der Waals surface area contributed by atoms with Crippen LogP contribution in [0.3, 0.4) is 0 Å². The summed E-state index contributed by atoms with van der Waals surface area (Å²) in [7, 11) is 1.87. The molecule has 0 saturated heterocycles. The van der Waals surface area contributed by atoms with Crippen LogP contribution in [0, 0.1) is 0 Å². The zero-order valence-electron chi connectivity index (χ0n) is 10.1. The average molecular weight is 380 g/mol. The molecule has 0 fully saturated rings. The summed E-state index contributed by atoms with van der Waals surface area (Å²) < 4.78 is 0.965. The Morgan fingerprint density at radius 1 is 1.05 bits per heavy atom. The molecule has 0 aliphatic rings. The number of hydrogen-bond acceptors (Lipinski definition) is 1. The van der Waals surface area contributed by atoms with Crippen molar-refractivity contribution in [2.75, 3.05) is 7.05 Å². The van der Waals surface area contributed by atoms with Crippen molar-refractivity contribution >= 4 is 50.7 Å². The Morgan fingerprint density at radius 3 is 2.47 bits per heavy atom. The lowest BCUT2D eigenvalue weighted by molar-refractivity contribution is 0.689. The van der Waals surface area contributed by atoms with Gasteiger partial charge in [-0.2, -0.15) is 0 Å². The van der Waals surface area contributed by atoms with Crippen LogP contribution in [0.15, 0.2) is 40.9 Å². The van der Waals surface area contributed by atoms with Crippen molar-refractivity contribution < 1.29 is 0 Å². The minimum Gasteiger partial charge on any atom is -0.309 e. The summed E-state index contributed by atoms with van der Waals surface area (Å²) in [5.74, 6) is 0. The molecular weight excluding hydrogens is 368 g/mol. The van der Waals surface area contributed by atoms with Gasteiger partial charge >= 0.3 is 0 Å². The molecule has 0 aromatic heterocycles. The van der Waals surface area contributed by atoms with Gasteiger partial charge in [-0.1, -0.05) is 62.9 Å². The molecular formula is C14H11BrCl3N. The van der Waals surface area contributed by atoms with E-state index >= 15 is 0 Å². The first-order valence-corrected chi connectivity index (χ1v) is 7.53. The largest absolute Gasteiger partial charge is 0.309 e. The number of rotatable bonds is 3. The molecule has 1 nitrogen and oxygen atoms in total. The third-order valence-corrected chi connectivity index (χ3v) is 4.64. The second-order valence-corrected chi connectivity index (χ2v) is 6.11. The molecule has 19 heavy (non-hydrogen) atoms. The third-order valence-electron chi connectivity index (χ3n) is 2.85. The fraction of sp³-hybridized carbons (Fsp3) is 0.143. The van der Waals surface area contributed by atoms with E-state index in [1.165, 1.54) is 0 Å². The SMILES string of the molecule is CNC(c1cc(Cl)ccc1Br)c1cccc(Cl)c1Cl. The van der Waals surface area contributed by atoms with Crippen LogP contribution in [0.25, 0.3) is 0 Å². The molecule has 0 aliphatic carbocycles. The maximum atomic E-state index is 6.29. The molecule has 0 radical (unpaired) electrons. The normalized spacial score (nSPS) is 12.5. The topological polar surface area (TPSA) is 12.0 Å². The van der Waals surface area contributed by atoms with Crippen LogP contribution in [-0.4, -0.2) is 7.05 Å². The molecule has 2 aromatic carbocycles. The lowest BCUT2D eigenvalue weighted by atomic mass is 9.99. The van der Waals surface area contributed by atoms with Gasteiger partial charge in [-0.05, 0) is 42.4 Å². The highest BCUT2D eigenvalue weighted by Gasteiger charge is 2.19. The Hall–Kier alpha value is -0.250. The van der Waals surface area contributed by atoms with Crippen molar-refractivity contribution in [3.05, 3.63) is 67.1 Å². The average Bonchev–Trinajstić information content (AvgIpc) is 2.39. The predicted octanol–water partition coefficient (Wildman–Crippen LogP) is 5.72. The first kappa shape index (κ1) is 15.1.